The number of allylic oxidation sites excluding steroid dienone is 2. The van der Waals surface area contributed by atoms with E-state index in [9.17, 15) is 0 Å². The Bertz CT molecular complexity index is 809. The minimum absolute atomic E-state index is 0.270. The third-order valence-corrected chi connectivity index (χ3v) is 3.89. The zero-order valence-corrected chi connectivity index (χ0v) is 12.7. The second kappa shape index (κ2) is 5.61. The van der Waals surface area contributed by atoms with Crippen LogP contribution in [-0.2, 0) is 0 Å². The number of H-pyrrole nitrogens is 1. The molecule has 8 nitrogen and oxygen atoms in total. The maximum atomic E-state index is 5.86. The van der Waals surface area contributed by atoms with Crippen LogP contribution >= 0.6 is 12.1 Å². The van der Waals surface area contributed by atoms with Crippen LogP contribution in [0.1, 0.15) is 0 Å². The second-order valence-corrected chi connectivity index (χ2v) is 5.59. The molecule has 5 N–H and O–H groups in total. The van der Waals surface area contributed by atoms with Gasteiger partial charge >= 0.3 is 0 Å². The van der Waals surface area contributed by atoms with Gasteiger partial charge in [-0.2, -0.15) is 0 Å². The fourth-order valence-electron chi connectivity index (χ4n) is 2.09. The number of ether oxygens (including phenoxy) is 1. The minimum Gasteiger partial charge on any atom is -0.457 e. The Hall–Kier alpha value is -3.07. The molecule has 4 rings (SSSR count). The zero-order chi connectivity index (χ0) is 15.6. The van der Waals surface area contributed by atoms with Crippen molar-refractivity contribution in [2.24, 2.45) is 0 Å². The summed E-state index contributed by atoms with van der Waals surface area (Å²) in [6.07, 6.45) is 7.76. The van der Waals surface area contributed by atoms with E-state index in [4.69, 9.17) is 10.5 Å². The number of aromatic nitrogens is 3. The molecule has 0 atom stereocenters. The van der Waals surface area contributed by atoms with Gasteiger partial charge in [0.1, 0.15) is 11.5 Å². The zero-order valence-electron chi connectivity index (χ0n) is 11.9. The molecule has 2 aromatic rings. The van der Waals surface area contributed by atoms with Crippen LogP contribution < -0.4 is 20.5 Å². The molecule has 3 heterocycles. The number of hydrogen-bond donors (Lipinski definition) is 4. The smallest absolute Gasteiger partial charge is 0.227 e. The van der Waals surface area contributed by atoms with E-state index in [1.165, 1.54) is 12.1 Å². The highest BCUT2D eigenvalue weighted by atomic mass is 32.2. The number of aromatic amines is 1. The Morgan fingerprint density at radius 1 is 1.22 bits per heavy atom. The molecule has 2 aliphatic rings. The van der Waals surface area contributed by atoms with Gasteiger partial charge in [-0.25, -0.2) is 0 Å². The minimum atomic E-state index is 0.270. The summed E-state index contributed by atoms with van der Waals surface area (Å²) in [4.78, 5) is 2.80. The topological polar surface area (TPSA) is 104 Å². The van der Waals surface area contributed by atoms with Gasteiger partial charge in [0.2, 0.25) is 11.9 Å². The Morgan fingerprint density at radius 3 is 2.87 bits per heavy atom. The molecule has 1 aromatic heterocycles. The lowest BCUT2D eigenvalue weighted by atomic mass is 10.3. The molecule has 2 aliphatic heterocycles. The molecule has 23 heavy (non-hydrogen) atoms. The first-order chi connectivity index (χ1) is 11.3. The molecule has 0 radical (unpaired) electrons. The molecular formula is C14H13N7OS. The normalized spacial score (nSPS) is 15.6. The van der Waals surface area contributed by atoms with Crippen LogP contribution in [0.5, 0.6) is 5.75 Å². The fraction of sp³-hybridized carbons (Fsp3) is 0. The summed E-state index contributed by atoms with van der Waals surface area (Å²) < 4.78 is 11.0. The summed E-state index contributed by atoms with van der Waals surface area (Å²) in [6, 6.07) is 7.53. The summed E-state index contributed by atoms with van der Waals surface area (Å²) in [6.45, 7) is 0. The maximum Gasteiger partial charge on any atom is 0.227 e. The first kappa shape index (κ1) is 13.6. The number of nitrogen functional groups attached to an aromatic ring is 1. The van der Waals surface area contributed by atoms with Gasteiger partial charge in [0.25, 0.3) is 0 Å². The van der Waals surface area contributed by atoms with Crippen molar-refractivity contribution in [1.29, 1.82) is 0 Å². The Kier molecular flexibility index (Phi) is 3.31. The van der Waals surface area contributed by atoms with E-state index in [1.807, 2.05) is 53.1 Å². The molecule has 0 saturated heterocycles. The number of nitrogens with one attached hydrogen (secondary N) is 3. The summed E-state index contributed by atoms with van der Waals surface area (Å²) in [7, 11) is 0. The number of fused-ring (bicyclic) bond motifs is 1. The van der Waals surface area contributed by atoms with Gasteiger partial charge < -0.3 is 20.5 Å². The highest BCUT2D eigenvalue weighted by molar-refractivity contribution is 7.95. The lowest BCUT2D eigenvalue weighted by Gasteiger charge is -2.17. The van der Waals surface area contributed by atoms with E-state index in [1.54, 1.807) is 0 Å². The van der Waals surface area contributed by atoms with Crippen LogP contribution in [0.15, 0.2) is 60.3 Å². The summed E-state index contributed by atoms with van der Waals surface area (Å²) in [5.74, 6) is 2.29. The second-order valence-electron chi connectivity index (χ2n) is 4.78. The standard InChI is InChI=1S/C14H13N7OS/c15-13-18-14(20-19-13)17-9-1-3-11(4-2-9)22-12-5-6-21-10(7-12)8-16-23-21/h1-8,16H,(H4,15,17,18,19,20). The van der Waals surface area contributed by atoms with Gasteiger partial charge in [-0.15, -0.1) is 10.2 Å². The van der Waals surface area contributed by atoms with E-state index in [0.717, 1.165) is 22.9 Å². The van der Waals surface area contributed by atoms with Crippen LogP contribution in [-0.4, -0.2) is 19.5 Å². The average molecular weight is 327 g/mol. The third kappa shape index (κ3) is 2.94. The van der Waals surface area contributed by atoms with Crippen LogP contribution in [0.4, 0.5) is 17.6 Å². The van der Waals surface area contributed by atoms with Gasteiger partial charge in [-0.05, 0) is 30.3 Å². The van der Waals surface area contributed by atoms with Crippen LogP contribution in [0.25, 0.3) is 0 Å². The van der Waals surface area contributed by atoms with Gasteiger partial charge in [0.05, 0.1) is 17.8 Å². The SMILES string of the molecule is Nc1nnc(Nc2ccc(OC3=CC4=CNSN4C=C3)cc2)[nH]1. The third-order valence-electron chi connectivity index (χ3n) is 3.13. The molecular weight excluding hydrogens is 314 g/mol. The molecule has 9 heteroatoms. The monoisotopic (exact) mass is 327 g/mol. The van der Waals surface area contributed by atoms with Gasteiger partial charge in [-0.3, -0.25) is 9.29 Å². The highest BCUT2D eigenvalue weighted by Crippen LogP contribution is 2.29. The molecule has 0 fully saturated rings. The first-order valence-corrected chi connectivity index (χ1v) is 7.58. The van der Waals surface area contributed by atoms with Crippen molar-refractivity contribution >= 4 is 29.7 Å². The van der Waals surface area contributed by atoms with Crippen molar-refractivity contribution in [2.45, 2.75) is 0 Å². The van der Waals surface area contributed by atoms with Crippen molar-refractivity contribution in [3.8, 4) is 5.75 Å². The van der Waals surface area contributed by atoms with Crippen molar-refractivity contribution < 1.29 is 4.74 Å². The number of nitrogens with two attached hydrogens (primary N) is 1. The van der Waals surface area contributed by atoms with Crippen molar-refractivity contribution in [3.63, 3.8) is 0 Å². The Balaban J connectivity index is 1.43. The molecule has 0 saturated carbocycles. The van der Waals surface area contributed by atoms with E-state index in [2.05, 4.69) is 25.2 Å². The highest BCUT2D eigenvalue weighted by Gasteiger charge is 2.16. The van der Waals surface area contributed by atoms with Crippen LogP contribution in [0, 0.1) is 0 Å². The lowest BCUT2D eigenvalue weighted by molar-refractivity contribution is 0.439. The fourth-order valence-corrected chi connectivity index (χ4v) is 2.71. The maximum absolute atomic E-state index is 5.86. The Morgan fingerprint density at radius 2 is 2.09 bits per heavy atom. The number of benzene rings is 1. The van der Waals surface area contributed by atoms with E-state index in [-0.39, 0.29) is 5.95 Å². The average Bonchev–Trinajstić information content (AvgIpc) is 3.17. The van der Waals surface area contributed by atoms with Crippen LogP contribution in [0.3, 0.4) is 0 Å². The number of nitrogens with zero attached hydrogens (tertiary/aromatic N) is 3. The van der Waals surface area contributed by atoms with Crippen molar-refractivity contribution in [3.05, 3.63) is 60.3 Å². The molecule has 0 amide bonds. The van der Waals surface area contributed by atoms with E-state index < -0.39 is 0 Å². The van der Waals surface area contributed by atoms with Gasteiger partial charge in [0.15, 0.2) is 0 Å². The number of hydrogen-bond acceptors (Lipinski definition) is 8. The molecule has 0 aliphatic carbocycles. The quantitative estimate of drug-likeness (QED) is 0.634. The number of rotatable bonds is 4. The first-order valence-electron chi connectivity index (χ1n) is 6.81. The molecule has 0 spiro atoms. The van der Waals surface area contributed by atoms with E-state index >= 15 is 0 Å². The molecule has 0 unspecified atom stereocenters. The van der Waals surface area contributed by atoms with Crippen molar-refractivity contribution in [1.82, 2.24) is 24.2 Å². The summed E-state index contributed by atoms with van der Waals surface area (Å²) in [5, 5.41) is 10.6. The predicted octanol–water partition coefficient (Wildman–Crippen LogP) is 2.23. The molecule has 116 valence electrons. The lowest BCUT2D eigenvalue weighted by Crippen LogP contribution is -2.08. The van der Waals surface area contributed by atoms with E-state index in [0.29, 0.717) is 5.95 Å². The molecule has 0 bridgehead atoms. The molecule has 1 aromatic carbocycles. The van der Waals surface area contributed by atoms with Gasteiger partial charge in [-0.1, -0.05) is 0 Å². The van der Waals surface area contributed by atoms with Gasteiger partial charge in [0, 0.05) is 24.2 Å². The Labute approximate surface area is 136 Å². The van der Waals surface area contributed by atoms with Crippen LogP contribution in [0.2, 0.25) is 0 Å². The largest absolute Gasteiger partial charge is 0.457 e. The van der Waals surface area contributed by atoms with Crippen molar-refractivity contribution in [2.75, 3.05) is 11.1 Å². The summed E-state index contributed by atoms with van der Waals surface area (Å²) >= 11 is 1.51. The predicted molar refractivity (Wildman–Crippen MR) is 89.0 cm³/mol. The summed E-state index contributed by atoms with van der Waals surface area (Å²) in [5.41, 5.74) is 7.38. The number of anilines is 3.